The monoisotopic (exact) mass is 297 g/mol. The molecule has 1 N–H and O–H groups in total. The molecule has 5 heteroatoms. The van der Waals surface area contributed by atoms with Crippen LogP contribution in [-0.4, -0.2) is 10.2 Å². The van der Waals surface area contributed by atoms with Crippen LogP contribution in [0.3, 0.4) is 0 Å². The number of benzene rings is 2. The van der Waals surface area contributed by atoms with Crippen LogP contribution < -0.4 is 5.32 Å². The summed E-state index contributed by atoms with van der Waals surface area (Å²) in [4.78, 5) is 0. The van der Waals surface area contributed by atoms with Gasteiger partial charge in [0.25, 0.3) is 0 Å². The van der Waals surface area contributed by atoms with Crippen LogP contribution in [0.2, 0.25) is 0 Å². The average Bonchev–Trinajstić information content (AvgIpc) is 3.00. The van der Waals surface area contributed by atoms with Crippen LogP contribution in [0, 0.1) is 12.7 Å². The molecule has 0 aliphatic heterocycles. The molecule has 0 bridgehead atoms. The third-order valence-corrected chi connectivity index (χ3v) is 3.34. The van der Waals surface area contributed by atoms with Crippen LogP contribution in [0.4, 0.5) is 10.1 Å². The number of nitrogens with one attached hydrogen (secondary N) is 1. The molecule has 0 amide bonds. The molecule has 2 aromatic carbocycles. The summed E-state index contributed by atoms with van der Waals surface area (Å²) in [5, 5.41) is 11.3. The first kappa shape index (κ1) is 14.3. The molecular weight excluding hydrogens is 281 g/mol. The Hall–Kier alpha value is -2.69. The van der Waals surface area contributed by atoms with Gasteiger partial charge >= 0.3 is 0 Å². The smallest absolute Gasteiger partial charge is 0.247 e. The highest BCUT2D eigenvalue weighted by molar-refractivity contribution is 5.53. The van der Waals surface area contributed by atoms with Gasteiger partial charge in [-0.25, -0.2) is 4.39 Å². The Bertz CT molecular complexity index is 750. The number of nitrogens with zero attached hydrogens (tertiary/aromatic N) is 2. The number of rotatable bonds is 4. The Labute approximate surface area is 128 Å². The molecule has 0 aliphatic rings. The summed E-state index contributed by atoms with van der Waals surface area (Å²) in [6.07, 6.45) is 0. The maximum absolute atomic E-state index is 12.9. The van der Waals surface area contributed by atoms with E-state index in [9.17, 15) is 4.39 Å². The molecule has 0 unspecified atom stereocenters. The van der Waals surface area contributed by atoms with Gasteiger partial charge in [-0.3, -0.25) is 0 Å². The van der Waals surface area contributed by atoms with E-state index in [1.165, 1.54) is 17.7 Å². The van der Waals surface area contributed by atoms with Gasteiger partial charge in [-0.2, -0.15) is 0 Å². The van der Waals surface area contributed by atoms with Crippen molar-refractivity contribution in [1.82, 2.24) is 10.2 Å². The van der Waals surface area contributed by atoms with Crippen molar-refractivity contribution in [3.63, 3.8) is 0 Å². The molecule has 0 aliphatic carbocycles. The quantitative estimate of drug-likeness (QED) is 0.777. The standard InChI is InChI=1S/C17H16FN3O/c1-11-3-5-13(6-4-11)17-21-20-16(22-17)12(2)19-15-9-7-14(18)8-10-15/h3-10,12,19H,1-2H3/t12-/m0/s1. The zero-order valence-electron chi connectivity index (χ0n) is 12.4. The van der Waals surface area contributed by atoms with E-state index in [2.05, 4.69) is 15.5 Å². The highest BCUT2D eigenvalue weighted by atomic mass is 19.1. The van der Waals surface area contributed by atoms with E-state index in [0.717, 1.165) is 11.3 Å². The fourth-order valence-electron chi connectivity index (χ4n) is 2.08. The summed E-state index contributed by atoms with van der Waals surface area (Å²) in [6, 6.07) is 13.9. The van der Waals surface area contributed by atoms with Crippen LogP contribution >= 0.6 is 0 Å². The van der Waals surface area contributed by atoms with Crippen LogP contribution in [0.25, 0.3) is 11.5 Å². The highest BCUT2D eigenvalue weighted by Gasteiger charge is 2.14. The topological polar surface area (TPSA) is 51.0 Å². The molecule has 1 heterocycles. The van der Waals surface area contributed by atoms with E-state index in [1.54, 1.807) is 12.1 Å². The van der Waals surface area contributed by atoms with Gasteiger partial charge in [-0.1, -0.05) is 17.7 Å². The van der Waals surface area contributed by atoms with E-state index in [4.69, 9.17) is 4.42 Å². The summed E-state index contributed by atoms with van der Waals surface area (Å²) < 4.78 is 18.6. The van der Waals surface area contributed by atoms with Gasteiger partial charge in [0.15, 0.2) is 0 Å². The van der Waals surface area contributed by atoms with Crippen molar-refractivity contribution in [3.8, 4) is 11.5 Å². The molecule has 0 saturated carbocycles. The lowest BCUT2D eigenvalue weighted by molar-refractivity contribution is 0.485. The summed E-state index contributed by atoms with van der Waals surface area (Å²) >= 11 is 0. The number of aryl methyl sites for hydroxylation is 1. The van der Waals surface area contributed by atoms with Crippen molar-refractivity contribution in [3.05, 3.63) is 65.8 Å². The third-order valence-electron chi connectivity index (χ3n) is 3.34. The number of hydrogen-bond donors (Lipinski definition) is 1. The van der Waals surface area contributed by atoms with Gasteiger partial charge in [0.05, 0.1) is 0 Å². The van der Waals surface area contributed by atoms with E-state index in [-0.39, 0.29) is 11.9 Å². The van der Waals surface area contributed by atoms with Crippen molar-refractivity contribution >= 4 is 5.69 Å². The molecule has 0 spiro atoms. The SMILES string of the molecule is Cc1ccc(-c2nnc([C@H](C)Nc3ccc(F)cc3)o2)cc1. The van der Waals surface area contributed by atoms with Crippen molar-refractivity contribution < 1.29 is 8.81 Å². The minimum atomic E-state index is -0.266. The second-order valence-corrected chi connectivity index (χ2v) is 5.18. The molecule has 4 nitrogen and oxygen atoms in total. The molecule has 1 aromatic heterocycles. The molecule has 22 heavy (non-hydrogen) atoms. The normalized spacial score (nSPS) is 12.1. The molecule has 112 valence electrons. The number of hydrogen-bond acceptors (Lipinski definition) is 4. The molecule has 0 radical (unpaired) electrons. The molecule has 3 aromatic rings. The average molecular weight is 297 g/mol. The van der Waals surface area contributed by atoms with Gasteiger partial charge in [-0.15, -0.1) is 10.2 Å². The van der Waals surface area contributed by atoms with Crippen LogP contribution in [0.1, 0.15) is 24.4 Å². The second kappa shape index (κ2) is 5.97. The predicted octanol–water partition coefficient (Wildman–Crippen LogP) is 4.36. The van der Waals surface area contributed by atoms with Crippen molar-refractivity contribution in [2.75, 3.05) is 5.32 Å². The summed E-state index contributed by atoms with van der Waals surface area (Å²) in [5.41, 5.74) is 2.86. The Morgan fingerprint density at radius 1 is 1.00 bits per heavy atom. The van der Waals surface area contributed by atoms with Gasteiger partial charge in [0.2, 0.25) is 11.8 Å². The van der Waals surface area contributed by atoms with E-state index in [0.29, 0.717) is 11.8 Å². The molecule has 3 rings (SSSR count). The number of aromatic nitrogens is 2. The minimum absolute atomic E-state index is 0.169. The van der Waals surface area contributed by atoms with Gasteiger partial charge in [0.1, 0.15) is 11.9 Å². The lowest BCUT2D eigenvalue weighted by atomic mass is 10.1. The lowest BCUT2D eigenvalue weighted by Crippen LogP contribution is -2.06. The lowest BCUT2D eigenvalue weighted by Gasteiger charge is -2.10. The molecular formula is C17H16FN3O. The van der Waals surface area contributed by atoms with Crippen molar-refractivity contribution in [2.45, 2.75) is 19.9 Å². The van der Waals surface area contributed by atoms with E-state index >= 15 is 0 Å². The first-order chi connectivity index (χ1) is 10.6. The van der Waals surface area contributed by atoms with Crippen LogP contribution in [0.5, 0.6) is 0 Å². The summed E-state index contributed by atoms with van der Waals surface area (Å²) in [6.45, 7) is 3.94. The maximum atomic E-state index is 12.9. The highest BCUT2D eigenvalue weighted by Crippen LogP contribution is 2.23. The first-order valence-electron chi connectivity index (χ1n) is 7.04. The Morgan fingerprint density at radius 3 is 2.36 bits per heavy atom. The maximum Gasteiger partial charge on any atom is 0.247 e. The first-order valence-corrected chi connectivity index (χ1v) is 7.04. The third kappa shape index (κ3) is 3.14. The van der Waals surface area contributed by atoms with Crippen molar-refractivity contribution in [1.29, 1.82) is 0 Å². The largest absolute Gasteiger partial charge is 0.418 e. The van der Waals surface area contributed by atoms with Crippen LogP contribution in [0.15, 0.2) is 52.9 Å². The Balaban J connectivity index is 1.75. The van der Waals surface area contributed by atoms with Crippen molar-refractivity contribution in [2.24, 2.45) is 0 Å². The number of halogens is 1. The predicted molar refractivity (Wildman–Crippen MR) is 82.9 cm³/mol. The fraction of sp³-hybridized carbons (Fsp3) is 0.176. The molecule has 1 atom stereocenters. The zero-order chi connectivity index (χ0) is 15.5. The van der Waals surface area contributed by atoms with E-state index < -0.39 is 0 Å². The van der Waals surface area contributed by atoms with E-state index in [1.807, 2.05) is 38.1 Å². The number of anilines is 1. The fourth-order valence-corrected chi connectivity index (χ4v) is 2.08. The molecule has 0 saturated heterocycles. The van der Waals surface area contributed by atoms with Gasteiger partial charge < -0.3 is 9.73 Å². The summed E-state index contributed by atoms with van der Waals surface area (Å²) in [5.74, 6) is 0.709. The zero-order valence-corrected chi connectivity index (χ0v) is 12.4. The summed E-state index contributed by atoms with van der Waals surface area (Å²) in [7, 11) is 0. The minimum Gasteiger partial charge on any atom is -0.418 e. The van der Waals surface area contributed by atoms with Gasteiger partial charge in [-0.05, 0) is 50.2 Å². The Kier molecular flexibility index (Phi) is 3.87. The molecule has 0 fully saturated rings. The second-order valence-electron chi connectivity index (χ2n) is 5.18. The Morgan fingerprint density at radius 2 is 1.68 bits per heavy atom. The van der Waals surface area contributed by atoms with Gasteiger partial charge in [0, 0.05) is 11.3 Å². The van der Waals surface area contributed by atoms with Crippen LogP contribution in [-0.2, 0) is 0 Å².